The monoisotopic (exact) mass is 228 g/mol. The van der Waals surface area contributed by atoms with Crippen molar-refractivity contribution >= 4 is 17.7 Å². The van der Waals surface area contributed by atoms with Gasteiger partial charge in [0, 0.05) is 36.1 Å². The molecule has 1 heterocycles. The summed E-state index contributed by atoms with van der Waals surface area (Å²) in [5, 5.41) is 7.26. The number of amides is 1. The summed E-state index contributed by atoms with van der Waals surface area (Å²) in [6, 6.07) is 0.655. The Kier molecular flexibility index (Phi) is 3.92. The molecule has 0 aromatic heterocycles. The topological polar surface area (TPSA) is 41.1 Å². The summed E-state index contributed by atoms with van der Waals surface area (Å²) in [7, 11) is 0. The number of nitrogens with one attached hydrogen (secondary N) is 2. The average Bonchev–Trinajstić information content (AvgIpc) is 2.98. The van der Waals surface area contributed by atoms with E-state index in [9.17, 15) is 4.79 Å². The third kappa shape index (κ3) is 3.68. The summed E-state index contributed by atoms with van der Waals surface area (Å²) < 4.78 is 0. The maximum absolute atomic E-state index is 11.3. The molecule has 0 aromatic rings. The predicted octanol–water partition coefficient (Wildman–Crippen LogP) is 0.996. The highest BCUT2D eigenvalue weighted by Crippen LogP contribution is 2.28. The highest BCUT2D eigenvalue weighted by molar-refractivity contribution is 8.00. The summed E-state index contributed by atoms with van der Waals surface area (Å²) in [6.45, 7) is 3.97. The van der Waals surface area contributed by atoms with Gasteiger partial charge in [-0.3, -0.25) is 4.79 Å². The van der Waals surface area contributed by atoms with Crippen LogP contribution < -0.4 is 10.6 Å². The summed E-state index contributed by atoms with van der Waals surface area (Å²) in [4.78, 5) is 11.3. The number of thioether (sulfide) groups is 1. The molecule has 0 radical (unpaired) electrons. The van der Waals surface area contributed by atoms with Gasteiger partial charge in [-0.05, 0) is 19.3 Å². The van der Waals surface area contributed by atoms with E-state index in [0.717, 1.165) is 31.2 Å². The molecule has 0 bridgehead atoms. The van der Waals surface area contributed by atoms with Crippen LogP contribution in [-0.4, -0.2) is 36.0 Å². The number of rotatable bonds is 5. The van der Waals surface area contributed by atoms with Gasteiger partial charge in [0.25, 0.3) is 0 Å². The molecule has 2 N–H and O–H groups in total. The molecule has 0 aromatic carbocycles. The molecule has 86 valence electrons. The van der Waals surface area contributed by atoms with Crippen molar-refractivity contribution in [3.63, 3.8) is 0 Å². The first kappa shape index (κ1) is 11.3. The van der Waals surface area contributed by atoms with Crippen molar-refractivity contribution in [1.29, 1.82) is 0 Å². The Morgan fingerprint density at radius 3 is 2.80 bits per heavy atom. The Bertz CT molecular complexity index is 231. The molecular formula is C11H20N2OS. The quantitative estimate of drug-likeness (QED) is 0.690. The van der Waals surface area contributed by atoms with Crippen molar-refractivity contribution < 1.29 is 4.79 Å². The van der Waals surface area contributed by atoms with E-state index in [1.165, 1.54) is 12.2 Å². The standard InChI is InChI=1S/C11H20N2OS/c1-8-6-10(7-15-8)12-4-5-13-11(14)9-2-3-9/h8-10,12H,2-7H2,1H3,(H,13,14). The molecular weight excluding hydrogens is 208 g/mol. The molecule has 1 aliphatic heterocycles. The molecule has 2 unspecified atom stereocenters. The Hall–Kier alpha value is -0.220. The number of carbonyl (C=O) groups is 1. The molecule has 2 rings (SSSR count). The van der Waals surface area contributed by atoms with Crippen LogP contribution >= 0.6 is 11.8 Å². The molecule has 1 saturated heterocycles. The van der Waals surface area contributed by atoms with Crippen molar-refractivity contribution in [2.45, 2.75) is 37.5 Å². The summed E-state index contributed by atoms with van der Waals surface area (Å²) in [5.41, 5.74) is 0. The van der Waals surface area contributed by atoms with Gasteiger partial charge >= 0.3 is 0 Å². The van der Waals surface area contributed by atoms with E-state index in [1.54, 1.807) is 0 Å². The fourth-order valence-electron chi connectivity index (χ4n) is 1.91. The van der Waals surface area contributed by atoms with Gasteiger partial charge in [-0.1, -0.05) is 6.92 Å². The van der Waals surface area contributed by atoms with E-state index in [1.807, 2.05) is 11.8 Å². The number of hydrogen-bond acceptors (Lipinski definition) is 3. The van der Waals surface area contributed by atoms with Crippen molar-refractivity contribution in [2.75, 3.05) is 18.8 Å². The second-order valence-electron chi connectivity index (χ2n) is 4.60. The van der Waals surface area contributed by atoms with E-state index in [2.05, 4.69) is 17.6 Å². The fraction of sp³-hybridized carbons (Fsp3) is 0.909. The minimum atomic E-state index is 0.256. The zero-order valence-electron chi connectivity index (χ0n) is 9.29. The van der Waals surface area contributed by atoms with Crippen LogP contribution in [0.15, 0.2) is 0 Å². The Morgan fingerprint density at radius 1 is 1.40 bits per heavy atom. The predicted molar refractivity (Wildman–Crippen MR) is 64.1 cm³/mol. The molecule has 2 atom stereocenters. The van der Waals surface area contributed by atoms with E-state index in [-0.39, 0.29) is 5.91 Å². The SMILES string of the molecule is CC1CC(NCCNC(=O)C2CC2)CS1. The lowest BCUT2D eigenvalue weighted by Crippen LogP contribution is -2.37. The van der Waals surface area contributed by atoms with Gasteiger partial charge in [0.05, 0.1) is 0 Å². The summed E-state index contributed by atoms with van der Waals surface area (Å²) in [5.74, 6) is 1.82. The van der Waals surface area contributed by atoms with Crippen LogP contribution in [0.2, 0.25) is 0 Å². The van der Waals surface area contributed by atoms with Gasteiger partial charge < -0.3 is 10.6 Å². The molecule has 2 fully saturated rings. The van der Waals surface area contributed by atoms with Crippen LogP contribution in [0.3, 0.4) is 0 Å². The Morgan fingerprint density at radius 2 is 2.20 bits per heavy atom. The lowest BCUT2D eigenvalue weighted by molar-refractivity contribution is -0.122. The van der Waals surface area contributed by atoms with Gasteiger partial charge in [-0.15, -0.1) is 0 Å². The van der Waals surface area contributed by atoms with Crippen LogP contribution in [0, 0.1) is 5.92 Å². The summed E-state index contributed by atoms with van der Waals surface area (Å²) in [6.07, 6.45) is 3.45. The van der Waals surface area contributed by atoms with Crippen molar-refractivity contribution in [1.82, 2.24) is 10.6 Å². The number of hydrogen-bond donors (Lipinski definition) is 2. The van der Waals surface area contributed by atoms with Crippen LogP contribution in [0.4, 0.5) is 0 Å². The minimum absolute atomic E-state index is 0.256. The smallest absolute Gasteiger partial charge is 0.223 e. The van der Waals surface area contributed by atoms with E-state index in [4.69, 9.17) is 0 Å². The highest BCUT2D eigenvalue weighted by Gasteiger charge is 2.29. The normalized spacial score (nSPS) is 30.5. The van der Waals surface area contributed by atoms with E-state index < -0.39 is 0 Å². The highest BCUT2D eigenvalue weighted by atomic mass is 32.2. The molecule has 4 heteroatoms. The lowest BCUT2D eigenvalue weighted by Gasteiger charge is -2.11. The molecule has 2 aliphatic rings. The molecule has 15 heavy (non-hydrogen) atoms. The minimum Gasteiger partial charge on any atom is -0.355 e. The first-order chi connectivity index (χ1) is 7.25. The molecule has 3 nitrogen and oxygen atoms in total. The van der Waals surface area contributed by atoms with E-state index >= 15 is 0 Å². The summed E-state index contributed by atoms with van der Waals surface area (Å²) >= 11 is 2.03. The van der Waals surface area contributed by atoms with Crippen LogP contribution in [0.1, 0.15) is 26.2 Å². The molecule has 1 amide bonds. The first-order valence-corrected chi connectivity index (χ1v) is 6.93. The number of carbonyl (C=O) groups excluding carboxylic acids is 1. The molecule has 1 saturated carbocycles. The fourth-order valence-corrected chi connectivity index (χ4v) is 3.09. The van der Waals surface area contributed by atoms with Crippen LogP contribution in [0.5, 0.6) is 0 Å². The zero-order chi connectivity index (χ0) is 10.7. The second kappa shape index (κ2) is 5.21. The first-order valence-electron chi connectivity index (χ1n) is 5.88. The van der Waals surface area contributed by atoms with Crippen molar-refractivity contribution in [3.8, 4) is 0 Å². The van der Waals surface area contributed by atoms with Crippen molar-refractivity contribution in [2.24, 2.45) is 5.92 Å². The maximum Gasteiger partial charge on any atom is 0.223 e. The third-order valence-electron chi connectivity index (χ3n) is 3.00. The Labute approximate surface area is 95.8 Å². The van der Waals surface area contributed by atoms with E-state index in [0.29, 0.717) is 12.0 Å². The van der Waals surface area contributed by atoms with Crippen LogP contribution in [-0.2, 0) is 4.79 Å². The van der Waals surface area contributed by atoms with Gasteiger partial charge in [0.15, 0.2) is 0 Å². The lowest BCUT2D eigenvalue weighted by atomic mass is 10.2. The van der Waals surface area contributed by atoms with Crippen LogP contribution in [0.25, 0.3) is 0 Å². The van der Waals surface area contributed by atoms with Gasteiger partial charge in [0.2, 0.25) is 5.91 Å². The van der Waals surface area contributed by atoms with Gasteiger partial charge in [-0.25, -0.2) is 0 Å². The van der Waals surface area contributed by atoms with Gasteiger partial charge in [-0.2, -0.15) is 11.8 Å². The van der Waals surface area contributed by atoms with Gasteiger partial charge in [0.1, 0.15) is 0 Å². The maximum atomic E-state index is 11.3. The average molecular weight is 228 g/mol. The second-order valence-corrected chi connectivity index (χ2v) is 6.07. The molecule has 0 spiro atoms. The van der Waals surface area contributed by atoms with Crippen molar-refractivity contribution in [3.05, 3.63) is 0 Å². The molecule has 1 aliphatic carbocycles. The Balaban J connectivity index is 1.49. The third-order valence-corrected chi connectivity index (χ3v) is 4.36. The zero-order valence-corrected chi connectivity index (χ0v) is 10.1. The largest absolute Gasteiger partial charge is 0.355 e.